The summed E-state index contributed by atoms with van der Waals surface area (Å²) < 4.78 is -0.417. The Bertz CT molecular complexity index is 485. The van der Waals surface area contributed by atoms with Gasteiger partial charge in [-0.25, -0.2) is 0 Å². The zero-order chi connectivity index (χ0) is 15.9. The number of hydrogen-bond donors (Lipinski definition) is 1. The van der Waals surface area contributed by atoms with Crippen molar-refractivity contribution in [3.8, 4) is 5.75 Å². The monoisotopic (exact) mass is 404 g/mol. The fourth-order valence-electron chi connectivity index (χ4n) is 2.05. The van der Waals surface area contributed by atoms with Crippen LogP contribution in [-0.4, -0.2) is 14.6 Å². The number of hydrogen-bond acceptors (Lipinski definition) is 2. The van der Waals surface area contributed by atoms with Crippen molar-refractivity contribution in [3.05, 3.63) is 28.8 Å². The molecule has 0 atom stereocenters. The van der Waals surface area contributed by atoms with Crippen LogP contribution in [0.2, 0.25) is 0 Å². The molecule has 0 radical (unpaired) electrons. The molecule has 0 unspecified atom stereocenters. The van der Waals surface area contributed by atoms with Crippen LogP contribution in [0.15, 0.2) is 12.1 Å². The molecule has 1 N–H and O–H groups in total. The predicted octanol–water partition coefficient (Wildman–Crippen LogP) is 5.29. The average molecular weight is 406 g/mol. The molecule has 0 heterocycles. The summed E-state index contributed by atoms with van der Waals surface area (Å²) in [5.41, 5.74) is 1.75. The minimum Gasteiger partial charge on any atom is -0.507 e. The van der Waals surface area contributed by atoms with Gasteiger partial charge in [0, 0.05) is 16.7 Å². The summed E-state index contributed by atoms with van der Waals surface area (Å²) in [7, 11) is 0. The minimum absolute atomic E-state index is 0.0407. The minimum atomic E-state index is -0.417. The first-order chi connectivity index (χ1) is 8.85. The van der Waals surface area contributed by atoms with Gasteiger partial charge in [-0.1, -0.05) is 73.4 Å². The van der Waals surface area contributed by atoms with E-state index in [0.29, 0.717) is 11.3 Å². The highest BCUT2D eigenvalue weighted by molar-refractivity contribution is 9.25. The maximum atomic E-state index is 12.2. The maximum Gasteiger partial charge on any atom is 0.187 e. The first-order valence-corrected chi connectivity index (χ1v) is 8.39. The Morgan fingerprint density at radius 2 is 1.35 bits per heavy atom. The van der Waals surface area contributed by atoms with Crippen molar-refractivity contribution in [1.82, 2.24) is 0 Å². The normalized spacial score (nSPS) is 12.8. The average Bonchev–Trinajstić information content (AvgIpc) is 2.24. The molecule has 0 fully saturated rings. The van der Waals surface area contributed by atoms with E-state index in [4.69, 9.17) is 0 Å². The van der Waals surface area contributed by atoms with Gasteiger partial charge in [0.05, 0.1) is 0 Å². The van der Waals surface area contributed by atoms with Crippen LogP contribution in [0.1, 0.15) is 63.0 Å². The summed E-state index contributed by atoms with van der Waals surface area (Å²) in [6.45, 7) is 12.2. The largest absolute Gasteiger partial charge is 0.507 e. The lowest BCUT2D eigenvalue weighted by atomic mass is 9.78. The highest BCUT2D eigenvalue weighted by Gasteiger charge is 2.28. The Morgan fingerprint density at radius 1 is 1.00 bits per heavy atom. The molecular formula is C16H22Br2O2. The Morgan fingerprint density at radius 3 is 1.60 bits per heavy atom. The fraction of sp³-hybridized carbons (Fsp3) is 0.562. The van der Waals surface area contributed by atoms with E-state index in [9.17, 15) is 9.90 Å². The maximum absolute atomic E-state index is 12.2. The highest BCUT2D eigenvalue weighted by Crippen LogP contribution is 2.40. The molecule has 0 bridgehead atoms. The smallest absolute Gasteiger partial charge is 0.187 e. The van der Waals surface area contributed by atoms with Crippen LogP contribution in [-0.2, 0) is 10.8 Å². The third-order valence-corrected chi connectivity index (χ3v) is 4.04. The molecule has 0 saturated heterocycles. The predicted molar refractivity (Wildman–Crippen MR) is 91.5 cm³/mol. The number of halogens is 2. The lowest BCUT2D eigenvalue weighted by molar-refractivity contribution is 0.101. The number of phenolic OH excluding ortho intramolecular Hbond substituents is 1. The van der Waals surface area contributed by atoms with Crippen molar-refractivity contribution < 1.29 is 9.90 Å². The second kappa shape index (κ2) is 5.80. The summed E-state index contributed by atoms with van der Waals surface area (Å²) in [4.78, 5) is 12.2. The molecule has 0 aliphatic carbocycles. The van der Waals surface area contributed by atoms with Crippen LogP contribution < -0.4 is 0 Å². The van der Waals surface area contributed by atoms with Crippen molar-refractivity contribution in [2.75, 3.05) is 0 Å². The van der Waals surface area contributed by atoms with Crippen LogP contribution >= 0.6 is 31.9 Å². The number of carbonyl (C=O) groups is 1. The van der Waals surface area contributed by atoms with Gasteiger partial charge in [0.1, 0.15) is 9.49 Å². The van der Waals surface area contributed by atoms with Crippen molar-refractivity contribution in [2.45, 2.75) is 56.1 Å². The number of aromatic hydroxyl groups is 1. The number of phenols is 1. The van der Waals surface area contributed by atoms with Gasteiger partial charge < -0.3 is 5.11 Å². The lowest BCUT2D eigenvalue weighted by Gasteiger charge is -2.28. The van der Waals surface area contributed by atoms with E-state index in [-0.39, 0.29) is 16.6 Å². The van der Waals surface area contributed by atoms with E-state index in [1.807, 2.05) is 41.5 Å². The molecule has 0 saturated carbocycles. The van der Waals surface area contributed by atoms with E-state index < -0.39 is 3.74 Å². The number of alkyl halides is 2. The van der Waals surface area contributed by atoms with Gasteiger partial charge in [0.2, 0.25) is 0 Å². The lowest BCUT2D eigenvalue weighted by Crippen LogP contribution is -2.19. The first-order valence-electron chi connectivity index (χ1n) is 6.56. The quantitative estimate of drug-likeness (QED) is 0.536. The first kappa shape index (κ1) is 17.7. The summed E-state index contributed by atoms with van der Waals surface area (Å²) in [5, 5.41) is 10.6. The molecule has 1 rings (SSSR count). The third kappa shape index (κ3) is 3.85. The van der Waals surface area contributed by atoms with Gasteiger partial charge in [-0.2, -0.15) is 0 Å². The third-order valence-electron chi connectivity index (χ3n) is 3.21. The number of carbonyl (C=O) groups excluding carboxylic acids is 1. The summed E-state index contributed by atoms with van der Waals surface area (Å²) >= 11 is 6.50. The van der Waals surface area contributed by atoms with Crippen molar-refractivity contribution >= 4 is 37.6 Å². The van der Waals surface area contributed by atoms with E-state index in [2.05, 4.69) is 31.9 Å². The SMILES string of the molecule is CC(C)(C)c1cc(C(=O)C(Br)Br)cc(C(C)(C)C)c1O. The Kier molecular flexibility index (Phi) is 5.13. The molecule has 112 valence electrons. The van der Waals surface area contributed by atoms with E-state index in [1.54, 1.807) is 12.1 Å². The second-order valence-corrected chi connectivity index (χ2v) is 10.1. The van der Waals surface area contributed by atoms with E-state index in [1.165, 1.54) is 0 Å². The van der Waals surface area contributed by atoms with E-state index in [0.717, 1.165) is 11.1 Å². The molecule has 0 spiro atoms. The van der Waals surface area contributed by atoms with Crippen molar-refractivity contribution in [3.63, 3.8) is 0 Å². The van der Waals surface area contributed by atoms with Crippen LogP contribution in [0, 0.1) is 0 Å². The molecular weight excluding hydrogens is 384 g/mol. The van der Waals surface area contributed by atoms with Gasteiger partial charge in [-0.3, -0.25) is 4.79 Å². The van der Waals surface area contributed by atoms with E-state index >= 15 is 0 Å². The zero-order valence-electron chi connectivity index (χ0n) is 12.8. The molecule has 0 amide bonds. The standard InChI is InChI=1S/C16H22Br2O2/c1-15(2,3)10-7-9(12(19)14(17)18)8-11(13(10)20)16(4,5)6/h7-8,14,20H,1-6H3. The molecule has 1 aromatic carbocycles. The molecule has 2 nitrogen and oxygen atoms in total. The molecule has 1 aromatic rings. The number of ketones is 1. The molecule has 0 aliphatic heterocycles. The van der Waals surface area contributed by atoms with Crippen molar-refractivity contribution in [2.24, 2.45) is 0 Å². The Labute approximate surface area is 138 Å². The Hall–Kier alpha value is -0.350. The van der Waals surface area contributed by atoms with Gasteiger partial charge >= 0.3 is 0 Å². The second-order valence-electron chi connectivity index (χ2n) is 7.08. The van der Waals surface area contributed by atoms with Crippen LogP contribution in [0.5, 0.6) is 5.75 Å². The highest BCUT2D eigenvalue weighted by atomic mass is 79.9. The van der Waals surface area contributed by atoms with Crippen LogP contribution in [0.25, 0.3) is 0 Å². The molecule has 20 heavy (non-hydrogen) atoms. The van der Waals surface area contributed by atoms with Gasteiger partial charge in [0.15, 0.2) is 5.78 Å². The summed E-state index contributed by atoms with van der Waals surface area (Å²) in [6, 6.07) is 3.59. The van der Waals surface area contributed by atoms with Gasteiger partial charge in [-0.05, 0) is 23.0 Å². The number of rotatable bonds is 2. The summed E-state index contributed by atoms with van der Waals surface area (Å²) in [5.74, 6) is 0.253. The van der Waals surface area contributed by atoms with Crippen LogP contribution in [0.4, 0.5) is 0 Å². The van der Waals surface area contributed by atoms with Gasteiger partial charge in [-0.15, -0.1) is 0 Å². The van der Waals surface area contributed by atoms with Crippen LogP contribution in [0.3, 0.4) is 0 Å². The number of Topliss-reactive ketones (excluding diaryl/α,β-unsaturated/α-hetero) is 1. The molecule has 4 heteroatoms. The van der Waals surface area contributed by atoms with Crippen molar-refractivity contribution in [1.29, 1.82) is 0 Å². The Balaban J connectivity index is 3.63. The fourth-order valence-corrected chi connectivity index (χ4v) is 2.57. The molecule has 0 aliphatic rings. The van der Waals surface area contributed by atoms with Gasteiger partial charge in [0.25, 0.3) is 0 Å². The zero-order valence-corrected chi connectivity index (χ0v) is 16.0. The topological polar surface area (TPSA) is 37.3 Å². The summed E-state index contributed by atoms with van der Waals surface area (Å²) in [6.07, 6.45) is 0. The molecule has 0 aromatic heterocycles. The number of benzene rings is 1.